The van der Waals surface area contributed by atoms with Crippen LogP contribution in [0.15, 0.2) is 35.7 Å². The second kappa shape index (κ2) is 7.19. The molecule has 1 aromatic carbocycles. The van der Waals surface area contributed by atoms with E-state index in [1.807, 2.05) is 11.3 Å². The fraction of sp³-hybridized carbons (Fsp3) is 0.524. The SMILES string of the molecule is c1ccc2c(c1)CCc1sccc1C2CCCN1CCCCC1. The summed E-state index contributed by atoms with van der Waals surface area (Å²) >= 11 is 1.96. The van der Waals surface area contributed by atoms with E-state index in [-0.39, 0.29) is 0 Å². The summed E-state index contributed by atoms with van der Waals surface area (Å²) in [5, 5.41) is 2.30. The van der Waals surface area contributed by atoms with Crippen molar-refractivity contribution in [2.75, 3.05) is 19.6 Å². The minimum absolute atomic E-state index is 0.625. The molecule has 0 N–H and O–H groups in total. The van der Waals surface area contributed by atoms with Crippen molar-refractivity contribution in [1.29, 1.82) is 0 Å². The fourth-order valence-electron chi connectivity index (χ4n) is 4.39. The second-order valence-electron chi connectivity index (χ2n) is 7.10. The lowest BCUT2D eigenvalue weighted by Gasteiger charge is -2.27. The molecule has 1 nitrogen and oxygen atoms in total. The Kier molecular flexibility index (Phi) is 4.82. The van der Waals surface area contributed by atoms with Gasteiger partial charge in [-0.15, -0.1) is 11.3 Å². The van der Waals surface area contributed by atoms with Crippen molar-refractivity contribution in [3.05, 3.63) is 57.3 Å². The minimum Gasteiger partial charge on any atom is -0.303 e. The van der Waals surface area contributed by atoms with E-state index in [1.54, 1.807) is 21.6 Å². The predicted octanol–water partition coefficient (Wildman–Crippen LogP) is 5.24. The Bertz CT molecular complexity index is 639. The summed E-state index contributed by atoms with van der Waals surface area (Å²) in [7, 11) is 0. The van der Waals surface area contributed by atoms with Gasteiger partial charge in [-0.1, -0.05) is 30.7 Å². The number of benzene rings is 1. The third kappa shape index (κ3) is 3.39. The van der Waals surface area contributed by atoms with Gasteiger partial charge in [0.05, 0.1) is 0 Å². The topological polar surface area (TPSA) is 3.24 Å². The average molecular weight is 326 g/mol. The molecule has 2 aliphatic rings. The van der Waals surface area contributed by atoms with Crippen LogP contribution < -0.4 is 0 Å². The van der Waals surface area contributed by atoms with E-state index in [0.29, 0.717) is 5.92 Å². The van der Waals surface area contributed by atoms with E-state index in [0.717, 1.165) is 0 Å². The quantitative estimate of drug-likeness (QED) is 0.742. The summed E-state index contributed by atoms with van der Waals surface area (Å²) < 4.78 is 0. The number of hydrogen-bond acceptors (Lipinski definition) is 2. The molecule has 1 aromatic heterocycles. The number of aryl methyl sites for hydroxylation is 2. The van der Waals surface area contributed by atoms with Gasteiger partial charge in [0.15, 0.2) is 0 Å². The summed E-state index contributed by atoms with van der Waals surface area (Å²) in [6.45, 7) is 3.94. The minimum atomic E-state index is 0.625. The van der Waals surface area contributed by atoms with Gasteiger partial charge in [-0.05, 0) is 86.3 Å². The Hall–Kier alpha value is -1.12. The van der Waals surface area contributed by atoms with Crippen molar-refractivity contribution >= 4 is 11.3 Å². The highest BCUT2D eigenvalue weighted by molar-refractivity contribution is 7.10. The molecular weight excluding hydrogens is 298 g/mol. The van der Waals surface area contributed by atoms with Crippen LogP contribution in [0.5, 0.6) is 0 Å². The van der Waals surface area contributed by atoms with Crippen molar-refractivity contribution in [2.24, 2.45) is 0 Å². The Morgan fingerprint density at radius 3 is 2.74 bits per heavy atom. The molecule has 1 aliphatic carbocycles. The number of fused-ring (bicyclic) bond motifs is 2. The average Bonchev–Trinajstić information content (AvgIpc) is 3.01. The molecule has 0 radical (unpaired) electrons. The number of piperidine rings is 1. The van der Waals surface area contributed by atoms with E-state index >= 15 is 0 Å². The molecular formula is C21H27NS. The van der Waals surface area contributed by atoms with Crippen LogP contribution in [0.2, 0.25) is 0 Å². The smallest absolute Gasteiger partial charge is 0.0103 e. The molecule has 1 aliphatic heterocycles. The van der Waals surface area contributed by atoms with Gasteiger partial charge in [-0.25, -0.2) is 0 Å². The van der Waals surface area contributed by atoms with E-state index in [1.165, 1.54) is 64.6 Å². The first-order valence-corrected chi connectivity index (χ1v) is 10.2. The molecule has 4 rings (SSSR count). The van der Waals surface area contributed by atoms with Gasteiger partial charge in [0, 0.05) is 10.8 Å². The Labute approximate surface area is 144 Å². The van der Waals surface area contributed by atoms with E-state index in [4.69, 9.17) is 0 Å². The number of likely N-dealkylation sites (tertiary alicyclic amines) is 1. The van der Waals surface area contributed by atoms with E-state index in [2.05, 4.69) is 40.6 Å². The first-order valence-electron chi connectivity index (χ1n) is 9.28. The maximum Gasteiger partial charge on any atom is 0.0103 e. The molecule has 0 spiro atoms. The molecule has 1 saturated heterocycles. The van der Waals surface area contributed by atoms with Crippen LogP contribution in [0.3, 0.4) is 0 Å². The molecule has 1 atom stereocenters. The monoisotopic (exact) mass is 325 g/mol. The summed E-state index contributed by atoms with van der Waals surface area (Å²) in [5.41, 5.74) is 4.81. The third-order valence-corrected chi connectivity index (χ3v) is 6.62. The van der Waals surface area contributed by atoms with Gasteiger partial charge in [-0.2, -0.15) is 0 Å². The summed E-state index contributed by atoms with van der Waals surface area (Å²) in [6, 6.07) is 11.6. The molecule has 23 heavy (non-hydrogen) atoms. The second-order valence-corrected chi connectivity index (χ2v) is 8.10. The van der Waals surface area contributed by atoms with Gasteiger partial charge < -0.3 is 4.90 Å². The molecule has 0 amide bonds. The molecule has 1 fully saturated rings. The van der Waals surface area contributed by atoms with Crippen molar-refractivity contribution in [3.63, 3.8) is 0 Å². The van der Waals surface area contributed by atoms with Crippen LogP contribution >= 0.6 is 11.3 Å². The number of rotatable bonds is 4. The number of thiophene rings is 1. The maximum atomic E-state index is 2.68. The molecule has 0 bridgehead atoms. The lowest BCUT2D eigenvalue weighted by atomic mass is 9.86. The zero-order chi connectivity index (χ0) is 15.5. The van der Waals surface area contributed by atoms with Gasteiger partial charge in [0.25, 0.3) is 0 Å². The Morgan fingerprint density at radius 2 is 1.83 bits per heavy atom. The lowest BCUT2D eigenvalue weighted by molar-refractivity contribution is 0.224. The number of nitrogens with zero attached hydrogens (tertiary/aromatic N) is 1. The van der Waals surface area contributed by atoms with E-state index < -0.39 is 0 Å². The van der Waals surface area contributed by atoms with Crippen LogP contribution in [0.25, 0.3) is 0 Å². The van der Waals surface area contributed by atoms with Gasteiger partial charge >= 0.3 is 0 Å². The molecule has 122 valence electrons. The van der Waals surface area contributed by atoms with Gasteiger partial charge in [0.2, 0.25) is 0 Å². The normalized spacial score (nSPS) is 21.5. The molecule has 2 heterocycles. The highest BCUT2D eigenvalue weighted by Crippen LogP contribution is 2.39. The highest BCUT2D eigenvalue weighted by Gasteiger charge is 2.24. The van der Waals surface area contributed by atoms with Crippen molar-refractivity contribution in [3.8, 4) is 0 Å². The molecule has 2 heteroatoms. The largest absolute Gasteiger partial charge is 0.303 e. The van der Waals surface area contributed by atoms with Gasteiger partial charge in [0.1, 0.15) is 0 Å². The predicted molar refractivity (Wildman–Crippen MR) is 99.5 cm³/mol. The van der Waals surface area contributed by atoms with Crippen LogP contribution in [0.1, 0.15) is 59.6 Å². The van der Waals surface area contributed by atoms with Crippen LogP contribution in [0, 0.1) is 0 Å². The first kappa shape index (κ1) is 15.4. The van der Waals surface area contributed by atoms with Crippen LogP contribution in [0.4, 0.5) is 0 Å². The fourth-order valence-corrected chi connectivity index (χ4v) is 5.34. The molecule has 1 unspecified atom stereocenters. The lowest BCUT2D eigenvalue weighted by Crippen LogP contribution is -2.30. The summed E-state index contributed by atoms with van der Waals surface area (Å²) in [5.74, 6) is 0.625. The molecule has 0 saturated carbocycles. The zero-order valence-corrected chi connectivity index (χ0v) is 14.8. The summed E-state index contributed by atoms with van der Waals surface area (Å²) in [6.07, 6.45) is 9.32. The van der Waals surface area contributed by atoms with Gasteiger partial charge in [-0.3, -0.25) is 0 Å². The van der Waals surface area contributed by atoms with Crippen molar-refractivity contribution in [2.45, 2.75) is 50.9 Å². The first-order chi connectivity index (χ1) is 11.4. The van der Waals surface area contributed by atoms with Crippen molar-refractivity contribution in [1.82, 2.24) is 4.90 Å². The Morgan fingerprint density at radius 1 is 0.957 bits per heavy atom. The van der Waals surface area contributed by atoms with Crippen molar-refractivity contribution < 1.29 is 0 Å². The highest BCUT2D eigenvalue weighted by atomic mass is 32.1. The zero-order valence-electron chi connectivity index (χ0n) is 14.0. The number of hydrogen-bond donors (Lipinski definition) is 0. The standard InChI is InChI=1S/C21H27NS/c1-4-13-22(14-5-1)15-6-9-19-18-8-3-2-7-17(18)10-11-21-20(19)12-16-23-21/h2-3,7-8,12,16,19H,1,4-6,9-11,13-15H2. The van der Waals surface area contributed by atoms with Crippen LogP contribution in [-0.4, -0.2) is 24.5 Å². The maximum absolute atomic E-state index is 2.68. The van der Waals surface area contributed by atoms with Crippen LogP contribution in [-0.2, 0) is 12.8 Å². The van der Waals surface area contributed by atoms with E-state index in [9.17, 15) is 0 Å². The molecule has 2 aromatic rings. The summed E-state index contributed by atoms with van der Waals surface area (Å²) in [4.78, 5) is 4.31. The third-order valence-electron chi connectivity index (χ3n) is 5.62. The Balaban J connectivity index is 1.50.